The van der Waals surface area contributed by atoms with Crippen LogP contribution in [0.15, 0.2) is 36.5 Å². The Morgan fingerprint density at radius 1 is 1.50 bits per heavy atom. The summed E-state index contributed by atoms with van der Waals surface area (Å²) in [6.45, 7) is 5.82. The van der Waals surface area contributed by atoms with Gasteiger partial charge in [-0.3, -0.25) is 0 Å². The molecule has 1 rings (SSSR count). The van der Waals surface area contributed by atoms with Crippen LogP contribution in [-0.2, 0) is 4.12 Å². The van der Waals surface area contributed by atoms with Crippen molar-refractivity contribution in [2.24, 2.45) is 0 Å². The maximum absolute atomic E-state index is 5.16. The first-order valence-electron chi connectivity index (χ1n) is 3.68. The van der Waals surface area contributed by atoms with Crippen molar-refractivity contribution < 1.29 is 4.12 Å². The molecule has 0 fully saturated rings. The van der Waals surface area contributed by atoms with Crippen molar-refractivity contribution in [3.8, 4) is 0 Å². The second-order valence-electron chi connectivity index (χ2n) is 2.49. The van der Waals surface area contributed by atoms with Gasteiger partial charge in [-0.25, -0.2) is 0 Å². The van der Waals surface area contributed by atoms with E-state index in [0.29, 0.717) is 0 Å². The smallest absolute Gasteiger partial charge is 0.263 e. The van der Waals surface area contributed by atoms with E-state index >= 15 is 0 Å². The van der Waals surface area contributed by atoms with Gasteiger partial charge in [-0.1, -0.05) is 30.0 Å². The van der Waals surface area contributed by atoms with Gasteiger partial charge in [0.15, 0.2) is 0 Å². The van der Waals surface area contributed by atoms with E-state index in [9.17, 15) is 0 Å². The minimum absolute atomic E-state index is 1.05. The van der Waals surface area contributed by atoms with E-state index in [1.807, 2.05) is 17.8 Å². The fourth-order valence-electron chi connectivity index (χ4n) is 1.06. The van der Waals surface area contributed by atoms with Crippen LogP contribution in [0.2, 0.25) is 0 Å². The van der Waals surface area contributed by atoms with E-state index in [-0.39, 0.29) is 0 Å². The molecular formula is C9H10OSi2. The van der Waals surface area contributed by atoms with E-state index in [2.05, 4.69) is 36.1 Å². The second kappa shape index (κ2) is 4.40. The Labute approximate surface area is 78.3 Å². The van der Waals surface area contributed by atoms with Crippen LogP contribution >= 0.6 is 0 Å². The molecule has 0 aliphatic heterocycles. The Balaban J connectivity index is 3.00. The topological polar surface area (TPSA) is 9.23 Å². The van der Waals surface area contributed by atoms with Gasteiger partial charge in [0.05, 0.1) is 0 Å². The lowest BCUT2D eigenvalue weighted by molar-refractivity contribution is 0.660. The Morgan fingerprint density at radius 3 is 2.67 bits per heavy atom. The van der Waals surface area contributed by atoms with E-state index in [1.165, 1.54) is 10.8 Å². The normalized spacial score (nSPS) is 10.2. The molecule has 0 heterocycles. The first-order valence-corrected chi connectivity index (χ1v) is 5.58. The largest absolute Gasteiger partial charge is 0.451 e. The molecule has 0 bridgehead atoms. The van der Waals surface area contributed by atoms with Gasteiger partial charge in [0, 0.05) is 0 Å². The Morgan fingerprint density at radius 2 is 2.17 bits per heavy atom. The fraction of sp³-hybridized carbons (Fsp3) is 0.111. The average molecular weight is 190 g/mol. The molecule has 1 nitrogen and oxygen atoms in total. The molecule has 0 aliphatic carbocycles. The molecule has 0 spiro atoms. The zero-order valence-corrected chi connectivity index (χ0v) is 9.00. The van der Waals surface area contributed by atoms with E-state index in [0.717, 1.165) is 0 Å². The molecule has 60 valence electrons. The number of benzene rings is 1. The van der Waals surface area contributed by atoms with Gasteiger partial charge in [-0.15, -0.1) is 6.58 Å². The predicted molar refractivity (Wildman–Crippen MR) is 53.6 cm³/mol. The maximum Gasteiger partial charge on any atom is 0.263 e. The van der Waals surface area contributed by atoms with Crippen LogP contribution in [0.1, 0.15) is 5.56 Å². The highest BCUT2D eigenvalue weighted by atomic mass is 28.3. The summed E-state index contributed by atoms with van der Waals surface area (Å²) in [4.78, 5) is 0. The van der Waals surface area contributed by atoms with Crippen molar-refractivity contribution in [3.63, 3.8) is 0 Å². The molecule has 1 aromatic rings. The average Bonchev–Trinajstić information content (AvgIpc) is 2.10. The first kappa shape index (κ1) is 9.44. The lowest BCUT2D eigenvalue weighted by Gasteiger charge is -2.10. The Kier molecular flexibility index (Phi) is 3.46. The number of rotatable bonds is 3. The quantitative estimate of drug-likeness (QED) is 0.647. The van der Waals surface area contributed by atoms with Crippen LogP contribution in [0.25, 0.3) is 0 Å². The molecule has 1 aromatic carbocycles. The monoisotopic (exact) mass is 190 g/mol. The number of aryl methyl sites for hydroxylation is 1. The SMILES string of the molecule is C=C[Si](O[Si])c1ccccc1C. The van der Waals surface area contributed by atoms with Gasteiger partial charge in [0.25, 0.3) is 9.04 Å². The third-order valence-electron chi connectivity index (χ3n) is 1.71. The molecule has 4 radical (unpaired) electrons. The van der Waals surface area contributed by atoms with Gasteiger partial charge in [0.1, 0.15) is 0 Å². The minimum atomic E-state index is -1.05. The van der Waals surface area contributed by atoms with E-state index < -0.39 is 9.04 Å². The molecule has 0 atom stereocenters. The highest BCUT2D eigenvalue weighted by molar-refractivity contribution is 6.74. The van der Waals surface area contributed by atoms with Crippen LogP contribution < -0.4 is 5.19 Å². The van der Waals surface area contributed by atoms with Gasteiger partial charge in [-0.05, 0) is 17.7 Å². The molecule has 0 aromatic heterocycles. The van der Waals surface area contributed by atoms with Crippen LogP contribution in [0.4, 0.5) is 0 Å². The third kappa shape index (κ3) is 1.94. The summed E-state index contributed by atoms with van der Waals surface area (Å²) in [6, 6.07) is 8.19. The standard InChI is InChI=1S/C9H10OSi2/c1-3-12(10-11)9-7-5-4-6-8(9)2/h3-7H,1H2,2H3. The molecule has 0 unspecified atom stereocenters. The van der Waals surface area contributed by atoms with Crippen molar-refractivity contribution in [2.75, 3.05) is 0 Å². The number of hydrogen-bond donors (Lipinski definition) is 0. The van der Waals surface area contributed by atoms with Crippen molar-refractivity contribution >= 4 is 24.7 Å². The summed E-state index contributed by atoms with van der Waals surface area (Å²) in [5.74, 6) is 0. The highest BCUT2D eigenvalue weighted by Gasteiger charge is 2.11. The van der Waals surface area contributed by atoms with Crippen LogP contribution in [0.5, 0.6) is 0 Å². The lowest BCUT2D eigenvalue weighted by atomic mass is 10.2. The summed E-state index contributed by atoms with van der Waals surface area (Å²) >= 11 is 0. The Bertz CT molecular complexity index is 273. The molecule has 12 heavy (non-hydrogen) atoms. The maximum atomic E-state index is 5.16. The molecule has 0 aliphatic rings. The Hall–Kier alpha value is -0.646. The van der Waals surface area contributed by atoms with Gasteiger partial charge < -0.3 is 4.12 Å². The van der Waals surface area contributed by atoms with E-state index in [1.54, 1.807) is 0 Å². The zero-order valence-electron chi connectivity index (χ0n) is 7.00. The summed E-state index contributed by atoms with van der Waals surface area (Å²) in [7, 11) is 2.01. The molecule has 0 amide bonds. The van der Waals surface area contributed by atoms with Crippen LogP contribution in [0.3, 0.4) is 0 Å². The molecule has 0 saturated heterocycles. The predicted octanol–water partition coefficient (Wildman–Crippen LogP) is 1.02. The zero-order chi connectivity index (χ0) is 8.97. The summed E-state index contributed by atoms with van der Waals surface area (Å²) in [6.07, 6.45) is 0. The van der Waals surface area contributed by atoms with Crippen molar-refractivity contribution in [3.05, 3.63) is 42.1 Å². The molecule has 3 heteroatoms. The molecule has 0 saturated carbocycles. The number of hydrogen-bond acceptors (Lipinski definition) is 1. The van der Waals surface area contributed by atoms with Crippen molar-refractivity contribution in [2.45, 2.75) is 6.92 Å². The van der Waals surface area contributed by atoms with Crippen LogP contribution in [0, 0.1) is 6.92 Å². The van der Waals surface area contributed by atoms with Crippen LogP contribution in [-0.4, -0.2) is 19.5 Å². The first-order chi connectivity index (χ1) is 5.79. The lowest BCUT2D eigenvalue weighted by Crippen LogP contribution is -2.32. The van der Waals surface area contributed by atoms with Gasteiger partial charge in [0.2, 0.25) is 10.5 Å². The van der Waals surface area contributed by atoms with Gasteiger partial charge >= 0.3 is 0 Å². The third-order valence-corrected chi connectivity index (χ3v) is 4.05. The second-order valence-corrected chi connectivity index (χ2v) is 4.98. The molecular weight excluding hydrogens is 180 g/mol. The van der Waals surface area contributed by atoms with Crippen molar-refractivity contribution in [1.29, 1.82) is 0 Å². The fourth-order valence-corrected chi connectivity index (χ4v) is 2.78. The van der Waals surface area contributed by atoms with E-state index in [4.69, 9.17) is 4.12 Å². The summed E-state index contributed by atoms with van der Waals surface area (Å²) in [5, 5.41) is 1.24. The molecule has 0 N–H and O–H groups in total. The summed E-state index contributed by atoms with van der Waals surface area (Å²) in [5.41, 5.74) is 3.12. The minimum Gasteiger partial charge on any atom is -0.451 e. The van der Waals surface area contributed by atoms with Crippen molar-refractivity contribution in [1.82, 2.24) is 0 Å². The van der Waals surface area contributed by atoms with Gasteiger partial charge in [-0.2, -0.15) is 0 Å². The summed E-state index contributed by atoms with van der Waals surface area (Å²) < 4.78 is 5.16. The highest BCUT2D eigenvalue weighted by Crippen LogP contribution is 1.96.